The predicted molar refractivity (Wildman–Crippen MR) is 127 cm³/mol. The lowest BCUT2D eigenvalue weighted by Crippen LogP contribution is -2.08. The van der Waals surface area contributed by atoms with Crippen LogP contribution in [0.25, 0.3) is 11.6 Å². The van der Waals surface area contributed by atoms with Crippen molar-refractivity contribution in [2.75, 3.05) is 13.7 Å². The number of hydrogen-bond acceptors (Lipinski definition) is 3. The van der Waals surface area contributed by atoms with E-state index in [4.69, 9.17) is 9.47 Å². The van der Waals surface area contributed by atoms with Gasteiger partial charge in [-0.2, -0.15) is 0 Å². The van der Waals surface area contributed by atoms with Gasteiger partial charge in [-0.25, -0.2) is 4.98 Å². The fraction of sp³-hybridized carbons (Fsp3) is 0.296. The summed E-state index contributed by atoms with van der Waals surface area (Å²) in [5, 5.41) is 0. The van der Waals surface area contributed by atoms with Crippen molar-refractivity contribution >= 4 is 11.6 Å². The Morgan fingerprint density at radius 2 is 1.87 bits per heavy atom. The van der Waals surface area contributed by atoms with Crippen LogP contribution >= 0.6 is 0 Å². The van der Waals surface area contributed by atoms with Gasteiger partial charge in [0.25, 0.3) is 0 Å². The number of hydrogen-bond donors (Lipinski definition) is 0. The van der Waals surface area contributed by atoms with E-state index in [1.54, 1.807) is 7.11 Å². The van der Waals surface area contributed by atoms with Gasteiger partial charge in [0, 0.05) is 18.0 Å². The first-order chi connectivity index (χ1) is 15.3. The molecule has 1 aromatic heterocycles. The highest BCUT2D eigenvalue weighted by Crippen LogP contribution is 2.32. The van der Waals surface area contributed by atoms with Crippen molar-refractivity contribution < 1.29 is 9.47 Å². The molecular formula is C27H30N2O2. The van der Waals surface area contributed by atoms with Crippen LogP contribution in [0.3, 0.4) is 0 Å². The minimum absolute atomic E-state index is 0.0889. The second kappa shape index (κ2) is 11.1. The fourth-order valence-corrected chi connectivity index (χ4v) is 3.52. The van der Waals surface area contributed by atoms with Gasteiger partial charge in [-0.05, 0) is 55.2 Å². The molecule has 2 aromatic carbocycles. The van der Waals surface area contributed by atoms with Crippen molar-refractivity contribution in [3.05, 3.63) is 77.9 Å². The topological polar surface area (TPSA) is 36.3 Å². The molecule has 1 atom stereocenters. The van der Waals surface area contributed by atoms with Crippen molar-refractivity contribution in [2.24, 2.45) is 0 Å². The summed E-state index contributed by atoms with van der Waals surface area (Å²) in [5.41, 5.74) is 3.25. The zero-order valence-electron chi connectivity index (χ0n) is 18.8. The van der Waals surface area contributed by atoms with Crippen molar-refractivity contribution in [3.63, 3.8) is 0 Å². The normalized spacial score (nSPS) is 14.1. The molecule has 1 unspecified atom stereocenters. The van der Waals surface area contributed by atoms with Crippen LogP contribution in [0.5, 0.6) is 11.5 Å². The SMILES string of the molecule is CC.CCOc1ccc(C2=Cc3nccn3C(CCc3ccccc3)C#C2)cc1OC. The molecular weight excluding hydrogens is 384 g/mol. The van der Waals surface area contributed by atoms with Crippen LogP contribution in [0, 0.1) is 11.8 Å². The number of allylic oxidation sites excluding steroid dienone is 1. The lowest BCUT2D eigenvalue weighted by Gasteiger charge is -2.13. The zero-order chi connectivity index (χ0) is 22.1. The predicted octanol–water partition coefficient (Wildman–Crippen LogP) is 6.05. The summed E-state index contributed by atoms with van der Waals surface area (Å²) in [7, 11) is 1.65. The molecule has 2 heterocycles. The van der Waals surface area contributed by atoms with E-state index in [1.165, 1.54) is 5.56 Å². The molecule has 4 heteroatoms. The maximum Gasteiger partial charge on any atom is 0.161 e. The van der Waals surface area contributed by atoms with Crippen LogP contribution < -0.4 is 9.47 Å². The van der Waals surface area contributed by atoms with Crippen LogP contribution in [-0.2, 0) is 6.42 Å². The van der Waals surface area contributed by atoms with Crippen molar-refractivity contribution in [1.29, 1.82) is 0 Å². The second-order valence-corrected chi connectivity index (χ2v) is 6.86. The molecule has 0 saturated carbocycles. The Balaban J connectivity index is 0.00000132. The number of methoxy groups -OCH3 is 1. The number of benzene rings is 2. The molecule has 0 radical (unpaired) electrons. The molecule has 0 fully saturated rings. The van der Waals surface area contributed by atoms with Crippen LogP contribution in [0.15, 0.2) is 60.9 Å². The van der Waals surface area contributed by atoms with Crippen LogP contribution in [0.1, 0.15) is 50.2 Å². The Hall–Kier alpha value is -3.45. The third-order valence-corrected chi connectivity index (χ3v) is 5.01. The van der Waals surface area contributed by atoms with E-state index in [1.807, 2.05) is 63.5 Å². The van der Waals surface area contributed by atoms with Gasteiger partial charge in [0.05, 0.1) is 19.8 Å². The van der Waals surface area contributed by atoms with Gasteiger partial charge in [-0.1, -0.05) is 56.0 Å². The van der Waals surface area contributed by atoms with Gasteiger partial charge >= 0.3 is 0 Å². The monoisotopic (exact) mass is 414 g/mol. The Bertz CT molecular complexity index is 1070. The summed E-state index contributed by atoms with van der Waals surface area (Å²) in [6.45, 7) is 6.56. The van der Waals surface area contributed by atoms with Crippen LogP contribution in [-0.4, -0.2) is 23.3 Å². The highest BCUT2D eigenvalue weighted by molar-refractivity contribution is 5.91. The van der Waals surface area contributed by atoms with E-state index < -0.39 is 0 Å². The third-order valence-electron chi connectivity index (χ3n) is 5.01. The smallest absolute Gasteiger partial charge is 0.161 e. The number of ether oxygens (including phenoxy) is 2. The Morgan fingerprint density at radius 3 is 2.61 bits per heavy atom. The van der Waals surface area contributed by atoms with Crippen molar-refractivity contribution in [1.82, 2.24) is 9.55 Å². The van der Waals surface area contributed by atoms with Crippen LogP contribution in [0.2, 0.25) is 0 Å². The maximum absolute atomic E-state index is 5.63. The first-order valence-corrected chi connectivity index (χ1v) is 10.9. The van der Waals surface area contributed by atoms with E-state index in [-0.39, 0.29) is 6.04 Å². The second-order valence-electron chi connectivity index (χ2n) is 6.86. The Morgan fingerprint density at radius 1 is 1.06 bits per heavy atom. The number of aryl methyl sites for hydroxylation is 1. The number of imidazole rings is 1. The van der Waals surface area contributed by atoms with Gasteiger partial charge in [0.2, 0.25) is 0 Å². The number of aromatic nitrogens is 2. The fourth-order valence-electron chi connectivity index (χ4n) is 3.52. The summed E-state index contributed by atoms with van der Waals surface area (Å²) < 4.78 is 13.3. The summed E-state index contributed by atoms with van der Waals surface area (Å²) >= 11 is 0. The minimum Gasteiger partial charge on any atom is -0.493 e. The number of fused-ring (bicyclic) bond motifs is 1. The van der Waals surface area contributed by atoms with E-state index >= 15 is 0 Å². The molecule has 31 heavy (non-hydrogen) atoms. The van der Waals surface area contributed by atoms with E-state index in [0.717, 1.165) is 35.6 Å². The first kappa shape index (κ1) is 22.2. The highest BCUT2D eigenvalue weighted by atomic mass is 16.5. The average molecular weight is 415 g/mol. The molecule has 4 nitrogen and oxygen atoms in total. The number of nitrogens with zero attached hydrogens (tertiary/aromatic N) is 2. The molecule has 0 saturated heterocycles. The Labute approximate surface area is 185 Å². The lowest BCUT2D eigenvalue weighted by molar-refractivity contribution is 0.311. The van der Waals surface area contributed by atoms with Crippen molar-refractivity contribution in [3.8, 4) is 23.3 Å². The van der Waals surface area contributed by atoms with Gasteiger partial charge in [0.1, 0.15) is 5.82 Å². The average Bonchev–Trinajstić information content (AvgIpc) is 3.21. The molecule has 0 bridgehead atoms. The molecule has 160 valence electrons. The van der Waals surface area contributed by atoms with Gasteiger partial charge in [-0.15, -0.1) is 0 Å². The maximum atomic E-state index is 5.63. The molecule has 0 N–H and O–H groups in total. The zero-order valence-corrected chi connectivity index (χ0v) is 18.8. The summed E-state index contributed by atoms with van der Waals surface area (Å²) in [6, 6.07) is 16.5. The van der Waals surface area contributed by atoms with Gasteiger partial charge in [-0.3, -0.25) is 0 Å². The third kappa shape index (κ3) is 5.38. The largest absolute Gasteiger partial charge is 0.493 e. The standard InChI is InChI=1S/C25H24N2O2.C2H6/c1-3-29-23-14-11-20(17-24(23)28-2)21-10-13-22(27-16-15-26-25(27)18-21)12-9-19-7-5-4-6-8-19;1-2/h4-8,11,14-18,22H,3,9,12H2,1-2H3;1-2H3. The molecule has 1 aliphatic rings. The lowest BCUT2D eigenvalue weighted by atomic mass is 10.0. The Kier molecular flexibility index (Phi) is 7.95. The molecule has 0 aliphatic carbocycles. The molecule has 4 rings (SSSR count). The van der Waals surface area contributed by atoms with Crippen molar-refractivity contribution in [2.45, 2.75) is 39.7 Å². The van der Waals surface area contributed by atoms with Crippen LogP contribution in [0.4, 0.5) is 0 Å². The molecule has 0 amide bonds. The molecule has 1 aliphatic heterocycles. The first-order valence-electron chi connectivity index (χ1n) is 10.9. The van der Waals surface area contributed by atoms with E-state index in [0.29, 0.717) is 12.4 Å². The minimum atomic E-state index is 0.0889. The summed E-state index contributed by atoms with van der Waals surface area (Å²) in [5.74, 6) is 9.18. The quantitative estimate of drug-likeness (QED) is 0.442. The van der Waals surface area contributed by atoms with E-state index in [9.17, 15) is 0 Å². The summed E-state index contributed by atoms with van der Waals surface area (Å²) in [4.78, 5) is 4.54. The summed E-state index contributed by atoms with van der Waals surface area (Å²) in [6.07, 6.45) is 7.81. The van der Waals surface area contributed by atoms with Gasteiger partial charge in [0.15, 0.2) is 11.5 Å². The number of rotatable bonds is 7. The van der Waals surface area contributed by atoms with E-state index in [2.05, 4.69) is 45.7 Å². The molecule has 3 aromatic rings. The highest BCUT2D eigenvalue weighted by Gasteiger charge is 2.16. The molecule has 0 spiro atoms. The van der Waals surface area contributed by atoms with Gasteiger partial charge < -0.3 is 14.0 Å².